The molecule has 0 spiro atoms. The molecule has 4 heteroatoms. The fourth-order valence-corrected chi connectivity index (χ4v) is 1.68. The van der Waals surface area contributed by atoms with E-state index >= 15 is 0 Å². The molecule has 0 aliphatic carbocycles. The van der Waals surface area contributed by atoms with Crippen LogP contribution in [0.2, 0.25) is 0 Å². The second-order valence-electron chi connectivity index (χ2n) is 4.44. The molecule has 0 fully saturated rings. The van der Waals surface area contributed by atoms with Crippen molar-refractivity contribution in [3.05, 3.63) is 35.9 Å². The third-order valence-electron chi connectivity index (χ3n) is 2.56. The molecule has 2 unspecified atom stereocenters. The topological polar surface area (TPSA) is 32.3 Å². The first-order valence-corrected chi connectivity index (χ1v) is 5.76. The Morgan fingerprint density at radius 3 is 2.35 bits per heavy atom. The van der Waals surface area contributed by atoms with E-state index < -0.39 is 18.6 Å². The van der Waals surface area contributed by atoms with E-state index in [0.29, 0.717) is 6.42 Å². The summed E-state index contributed by atoms with van der Waals surface area (Å²) in [6.07, 6.45) is -0.0203. The van der Waals surface area contributed by atoms with Crippen LogP contribution in [0.5, 0.6) is 0 Å². The average molecular weight is 243 g/mol. The summed E-state index contributed by atoms with van der Waals surface area (Å²) < 4.78 is 27.5. The van der Waals surface area contributed by atoms with E-state index in [1.807, 2.05) is 0 Å². The smallest absolute Gasteiger partial charge is 0.285 e. The minimum absolute atomic E-state index is 0.0109. The highest BCUT2D eigenvalue weighted by atomic mass is 19.3. The molecule has 2 N–H and O–H groups in total. The van der Waals surface area contributed by atoms with Gasteiger partial charge in [-0.2, -0.15) is 8.78 Å². The summed E-state index contributed by atoms with van der Waals surface area (Å²) in [7, 11) is 0. The molecule has 0 heterocycles. The van der Waals surface area contributed by atoms with Gasteiger partial charge in [0, 0.05) is 11.6 Å². The zero-order valence-corrected chi connectivity index (χ0v) is 10.2. The molecule has 0 bridgehead atoms. The molecule has 0 radical (unpaired) electrons. The summed E-state index contributed by atoms with van der Waals surface area (Å²) in [5.74, 6) is -2.88. The summed E-state index contributed by atoms with van der Waals surface area (Å²) in [5.41, 5.74) is 0.0109. The summed E-state index contributed by atoms with van der Waals surface area (Å²) in [6.45, 7) is 3.02. The Hall–Kier alpha value is -1.00. The van der Waals surface area contributed by atoms with Crippen LogP contribution in [-0.4, -0.2) is 23.8 Å². The minimum Gasteiger partial charge on any atom is -0.393 e. The standard InChI is InChI=1S/C13H19F2NO/c1-10(8-11(2)17)16-9-13(14,15)12-6-4-3-5-7-12/h3-7,10-11,16-17H,8-9H2,1-2H3. The fourth-order valence-electron chi connectivity index (χ4n) is 1.68. The number of hydrogen-bond donors (Lipinski definition) is 2. The number of hydrogen-bond acceptors (Lipinski definition) is 2. The first kappa shape index (κ1) is 14.1. The van der Waals surface area contributed by atoms with Gasteiger partial charge in [0.25, 0.3) is 5.92 Å². The molecular formula is C13H19F2NO. The van der Waals surface area contributed by atoms with Crippen LogP contribution in [0.3, 0.4) is 0 Å². The molecule has 1 aromatic carbocycles. The van der Waals surface area contributed by atoms with E-state index in [0.717, 1.165) is 0 Å². The molecule has 1 aromatic rings. The normalized spacial score (nSPS) is 15.6. The van der Waals surface area contributed by atoms with E-state index in [-0.39, 0.29) is 11.6 Å². The first-order valence-electron chi connectivity index (χ1n) is 5.76. The van der Waals surface area contributed by atoms with Crippen LogP contribution < -0.4 is 5.32 Å². The van der Waals surface area contributed by atoms with Gasteiger partial charge in [-0.15, -0.1) is 0 Å². The zero-order chi connectivity index (χ0) is 12.9. The predicted molar refractivity (Wildman–Crippen MR) is 64.1 cm³/mol. The molecule has 0 aromatic heterocycles. The van der Waals surface area contributed by atoms with Crippen LogP contribution in [0.1, 0.15) is 25.8 Å². The molecule has 2 nitrogen and oxygen atoms in total. The van der Waals surface area contributed by atoms with Crippen LogP contribution in [0, 0.1) is 0 Å². The lowest BCUT2D eigenvalue weighted by molar-refractivity contribution is -0.00661. The van der Waals surface area contributed by atoms with Gasteiger partial charge < -0.3 is 10.4 Å². The van der Waals surface area contributed by atoms with E-state index in [9.17, 15) is 8.78 Å². The largest absolute Gasteiger partial charge is 0.393 e. The lowest BCUT2D eigenvalue weighted by Crippen LogP contribution is -2.37. The SMILES string of the molecule is CC(O)CC(C)NCC(F)(F)c1ccccc1. The van der Waals surface area contributed by atoms with Crippen molar-refractivity contribution in [3.63, 3.8) is 0 Å². The molecule has 0 saturated heterocycles. The summed E-state index contributed by atoms with van der Waals surface area (Å²) >= 11 is 0. The van der Waals surface area contributed by atoms with Crippen LogP contribution in [0.15, 0.2) is 30.3 Å². The Bertz CT molecular complexity index is 327. The van der Waals surface area contributed by atoms with Crippen molar-refractivity contribution in [2.24, 2.45) is 0 Å². The van der Waals surface area contributed by atoms with Crippen LogP contribution >= 0.6 is 0 Å². The second kappa shape index (κ2) is 6.07. The predicted octanol–water partition coefficient (Wildman–Crippen LogP) is 2.53. The van der Waals surface area contributed by atoms with Gasteiger partial charge in [0.2, 0.25) is 0 Å². The van der Waals surface area contributed by atoms with Gasteiger partial charge in [-0.05, 0) is 20.3 Å². The number of alkyl halides is 2. The average Bonchev–Trinajstić information content (AvgIpc) is 2.27. The summed E-state index contributed by atoms with van der Waals surface area (Å²) in [6, 6.07) is 7.61. The van der Waals surface area contributed by atoms with Gasteiger partial charge in [0.1, 0.15) is 0 Å². The summed E-state index contributed by atoms with van der Waals surface area (Å²) in [5, 5.41) is 11.9. The van der Waals surface area contributed by atoms with Crippen molar-refractivity contribution >= 4 is 0 Å². The van der Waals surface area contributed by atoms with Crippen molar-refractivity contribution in [3.8, 4) is 0 Å². The maximum atomic E-state index is 13.7. The number of aliphatic hydroxyl groups excluding tert-OH is 1. The third-order valence-corrected chi connectivity index (χ3v) is 2.56. The quantitative estimate of drug-likeness (QED) is 0.804. The van der Waals surface area contributed by atoms with Gasteiger partial charge in [-0.25, -0.2) is 0 Å². The molecule has 2 atom stereocenters. The Kier molecular flexibility index (Phi) is 5.02. The molecule has 0 aliphatic rings. The number of rotatable bonds is 6. The summed E-state index contributed by atoms with van der Waals surface area (Å²) in [4.78, 5) is 0. The molecule has 1 rings (SSSR count). The van der Waals surface area contributed by atoms with Crippen molar-refractivity contribution in [1.29, 1.82) is 0 Å². The molecular weight excluding hydrogens is 224 g/mol. The Balaban J connectivity index is 2.50. The van der Waals surface area contributed by atoms with Crippen molar-refractivity contribution in [1.82, 2.24) is 5.32 Å². The van der Waals surface area contributed by atoms with Gasteiger partial charge in [0.05, 0.1) is 12.6 Å². The highest BCUT2D eigenvalue weighted by molar-refractivity contribution is 5.20. The van der Waals surface area contributed by atoms with Gasteiger partial charge >= 0.3 is 0 Å². The van der Waals surface area contributed by atoms with Crippen LogP contribution in [0.4, 0.5) is 8.78 Å². The van der Waals surface area contributed by atoms with Gasteiger partial charge in [0.15, 0.2) is 0 Å². The zero-order valence-electron chi connectivity index (χ0n) is 10.2. The minimum atomic E-state index is -2.88. The van der Waals surface area contributed by atoms with E-state index in [1.165, 1.54) is 12.1 Å². The molecule has 96 valence electrons. The van der Waals surface area contributed by atoms with Crippen LogP contribution in [0.25, 0.3) is 0 Å². The maximum Gasteiger partial charge on any atom is 0.285 e. The van der Waals surface area contributed by atoms with E-state index in [1.54, 1.807) is 32.0 Å². The molecule has 17 heavy (non-hydrogen) atoms. The van der Waals surface area contributed by atoms with Crippen molar-refractivity contribution in [2.75, 3.05) is 6.54 Å². The lowest BCUT2D eigenvalue weighted by Gasteiger charge is -2.21. The monoisotopic (exact) mass is 243 g/mol. The highest BCUT2D eigenvalue weighted by Gasteiger charge is 2.31. The second-order valence-corrected chi connectivity index (χ2v) is 4.44. The molecule has 0 aliphatic heterocycles. The van der Waals surface area contributed by atoms with Crippen molar-refractivity contribution < 1.29 is 13.9 Å². The number of benzene rings is 1. The van der Waals surface area contributed by atoms with Crippen LogP contribution in [-0.2, 0) is 5.92 Å². The van der Waals surface area contributed by atoms with E-state index in [4.69, 9.17) is 5.11 Å². The maximum absolute atomic E-state index is 13.7. The Morgan fingerprint density at radius 2 is 1.82 bits per heavy atom. The lowest BCUT2D eigenvalue weighted by atomic mass is 10.1. The highest BCUT2D eigenvalue weighted by Crippen LogP contribution is 2.26. The Morgan fingerprint density at radius 1 is 1.24 bits per heavy atom. The molecule has 0 saturated carbocycles. The van der Waals surface area contributed by atoms with E-state index in [2.05, 4.69) is 5.32 Å². The van der Waals surface area contributed by atoms with Crippen molar-refractivity contribution in [2.45, 2.75) is 38.3 Å². The number of nitrogens with one attached hydrogen (secondary N) is 1. The van der Waals surface area contributed by atoms with Gasteiger partial charge in [-0.3, -0.25) is 0 Å². The number of aliphatic hydroxyl groups is 1. The Labute approximate surface area is 101 Å². The van der Waals surface area contributed by atoms with Gasteiger partial charge in [-0.1, -0.05) is 30.3 Å². The first-order chi connectivity index (χ1) is 7.92. The fraction of sp³-hybridized carbons (Fsp3) is 0.538. The third kappa shape index (κ3) is 4.79. The molecule has 0 amide bonds. The number of halogens is 2.